The van der Waals surface area contributed by atoms with Gasteiger partial charge in [0.2, 0.25) is 0 Å². The number of hydrogen-bond donors (Lipinski definition) is 1. The van der Waals surface area contributed by atoms with Crippen molar-refractivity contribution in [2.45, 2.75) is 71.5 Å². The van der Waals surface area contributed by atoms with E-state index >= 15 is 0 Å². The fraction of sp³-hybridized carbons (Fsp3) is 1.00. The van der Waals surface area contributed by atoms with E-state index < -0.39 is 0 Å². The van der Waals surface area contributed by atoms with Gasteiger partial charge >= 0.3 is 7.12 Å². The van der Waals surface area contributed by atoms with Gasteiger partial charge in [0.25, 0.3) is 0 Å². The van der Waals surface area contributed by atoms with Crippen LogP contribution in [0.2, 0.25) is 0 Å². The summed E-state index contributed by atoms with van der Waals surface area (Å²) in [5, 5.41) is 0. The molecule has 0 aromatic heterocycles. The maximum atomic E-state index is 6.35. The Kier molecular flexibility index (Phi) is 3.09. The van der Waals surface area contributed by atoms with E-state index in [9.17, 15) is 0 Å². The van der Waals surface area contributed by atoms with E-state index in [2.05, 4.69) is 34.6 Å². The van der Waals surface area contributed by atoms with Crippen LogP contribution in [0.25, 0.3) is 0 Å². The van der Waals surface area contributed by atoms with Crippen molar-refractivity contribution < 1.29 is 9.31 Å². The quantitative estimate of drug-likeness (QED) is 0.798. The Labute approximate surface area is 117 Å². The van der Waals surface area contributed by atoms with Gasteiger partial charge in [-0.2, -0.15) is 0 Å². The van der Waals surface area contributed by atoms with Crippen LogP contribution in [0.15, 0.2) is 0 Å². The maximum Gasteiger partial charge on any atom is 0.475 e. The molecule has 0 spiro atoms. The minimum atomic E-state index is -0.201. The van der Waals surface area contributed by atoms with Crippen LogP contribution in [0.4, 0.5) is 0 Å². The van der Waals surface area contributed by atoms with Gasteiger partial charge in [-0.1, -0.05) is 27.7 Å². The first-order valence-electron chi connectivity index (χ1n) is 7.84. The van der Waals surface area contributed by atoms with Gasteiger partial charge in [-0.3, -0.25) is 0 Å². The van der Waals surface area contributed by atoms with Crippen molar-refractivity contribution in [3.63, 3.8) is 0 Å². The number of hydrogen-bond acceptors (Lipinski definition) is 3. The van der Waals surface area contributed by atoms with Crippen LogP contribution in [-0.2, 0) is 9.31 Å². The van der Waals surface area contributed by atoms with Crippen molar-refractivity contribution in [3.8, 4) is 0 Å². The molecule has 1 saturated heterocycles. The molecule has 0 radical (unpaired) electrons. The van der Waals surface area contributed by atoms with Gasteiger partial charge in [0.05, 0.1) is 11.7 Å². The van der Waals surface area contributed by atoms with Crippen LogP contribution in [0.5, 0.6) is 0 Å². The largest absolute Gasteiger partial charge is 0.475 e. The van der Waals surface area contributed by atoms with Crippen LogP contribution in [0, 0.1) is 23.2 Å². The predicted molar refractivity (Wildman–Crippen MR) is 77.5 cm³/mol. The lowest BCUT2D eigenvalue weighted by Gasteiger charge is -2.64. The van der Waals surface area contributed by atoms with Crippen LogP contribution in [-0.4, -0.2) is 24.8 Å². The Morgan fingerprint density at radius 1 is 1.26 bits per heavy atom. The Balaban J connectivity index is 1.74. The zero-order valence-electron chi connectivity index (χ0n) is 13.0. The minimum absolute atomic E-state index is 0.00253. The summed E-state index contributed by atoms with van der Waals surface area (Å²) in [4.78, 5) is 0. The summed E-state index contributed by atoms with van der Waals surface area (Å²) in [6, 6.07) is 0. The Hall–Kier alpha value is -0.0551. The zero-order chi connectivity index (χ0) is 14.0. The molecule has 0 unspecified atom stereocenters. The molecule has 3 saturated carbocycles. The standard InChI is InChI=1S/C15H28BNO2/c1-9(2)6-13(17)16-18-12-8-10-7-11(14(10,3)4)15(12,5)19-16/h9-13H,6-8,17H2,1-5H3/t10-,11+,12+,13-,15-/m1/s1. The van der Waals surface area contributed by atoms with Gasteiger partial charge in [-0.25, -0.2) is 0 Å². The summed E-state index contributed by atoms with van der Waals surface area (Å²) in [5.41, 5.74) is 6.56. The highest BCUT2D eigenvalue weighted by Crippen LogP contribution is 2.65. The summed E-state index contributed by atoms with van der Waals surface area (Å²) in [6.45, 7) is 11.4. The lowest BCUT2D eigenvalue weighted by Crippen LogP contribution is -2.65. The summed E-state index contributed by atoms with van der Waals surface area (Å²) in [7, 11) is -0.201. The van der Waals surface area contributed by atoms with Gasteiger partial charge in [-0.15, -0.1) is 0 Å². The van der Waals surface area contributed by atoms with E-state index in [0.717, 1.165) is 18.8 Å². The molecular formula is C15H28BNO2. The minimum Gasteiger partial charge on any atom is -0.404 e. The van der Waals surface area contributed by atoms with E-state index in [1.165, 1.54) is 6.42 Å². The topological polar surface area (TPSA) is 44.5 Å². The highest BCUT2D eigenvalue weighted by atomic mass is 16.7. The molecule has 2 bridgehead atoms. The van der Waals surface area contributed by atoms with E-state index in [4.69, 9.17) is 15.0 Å². The first-order valence-corrected chi connectivity index (χ1v) is 7.84. The first-order chi connectivity index (χ1) is 8.75. The Morgan fingerprint density at radius 2 is 1.95 bits per heavy atom. The summed E-state index contributed by atoms with van der Waals surface area (Å²) in [5.74, 6) is 2.02. The predicted octanol–water partition coefficient (Wildman–Crippen LogP) is 2.63. The third kappa shape index (κ3) is 1.90. The lowest BCUT2D eigenvalue weighted by atomic mass is 9.43. The highest BCUT2D eigenvalue weighted by Gasteiger charge is 2.68. The van der Waals surface area contributed by atoms with E-state index in [1.54, 1.807) is 0 Å². The van der Waals surface area contributed by atoms with Crippen molar-refractivity contribution in [2.75, 3.05) is 0 Å². The van der Waals surface area contributed by atoms with Gasteiger partial charge in [0.15, 0.2) is 0 Å². The van der Waals surface area contributed by atoms with E-state index in [0.29, 0.717) is 17.3 Å². The monoisotopic (exact) mass is 265 g/mol. The molecule has 4 heteroatoms. The molecule has 19 heavy (non-hydrogen) atoms. The molecule has 4 aliphatic rings. The smallest absolute Gasteiger partial charge is 0.404 e. The molecule has 0 aromatic carbocycles. The molecule has 5 atom stereocenters. The molecule has 0 aromatic rings. The average Bonchev–Trinajstić information content (AvgIpc) is 2.64. The summed E-state index contributed by atoms with van der Waals surface area (Å²) < 4.78 is 12.5. The fourth-order valence-corrected chi connectivity index (χ4v) is 4.74. The maximum absolute atomic E-state index is 6.35. The summed E-state index contributed by atoms with van der Waals surface area (Å²) in [6.07, 6.45) is 3.67. The molecule has 4 fully saturated rings. The summed E-state index contributed by atoms with van der Waals surface area (Å²) >= 11 is 0. The van der Waals surface area contributed by atoms with Crippen molar-refractivity contribution >= 4 is 7.12 Å². The average molecular weight is 265 g/mol. The molecule has 1 aliphatic heterocycles. The molecular weight excluding hydrogens is 237 g/mol. The van der Waals surface area contributed by atoms with Crippen LogP contribution in [0.3, 0.4) is 0 Å². The fourth-order valence-electron chi connectivity index (χ4n) is 4.74. The van der Waals surface area contributed by atoms with Crippen molar-refractivity contribution in [1.29, 1.82) is 0 Å². The molecule has 4 rings (SSSR count). The molecule has 1 heterocycles. The van der Waals surface area contributed by atoms with Crippen molar-refractivity contribution in [3.05, 3.63) is 0 Å². The Bertz CT molecular complexity index is 373. The molecule has 108 valence electrons. The number of rotatable bonds is 3. The molecule has 3 nitrogen and oxygen atoms in total. The molecule has 3 aliphatic carbocycles. The van der Waals surface area contributed by atoms with Gasteiger partial charge in [0, 0.05) is 5.94 Å². The normalized spacial score (nSPS) is 45.0. The van der Waals surface area contributed by atoms with Crippen LogP contribution < -0.4 is 5.73 Å². The van der Waals surface area contributed by atoms with E-state index in [1.807, 2.05) is 0 Å². The highest BCUT2D eigenvalue weighted by molar-refractivity contribution is 6.47. The first kappa shape index (κ1) is 13.9. The second-order valence-corrected chi connectivity index (χ2v) is 8.13. The molecule has 0 amide bonds. The lowest BCUT2D eigenvalue weighted by molar-refractivity contribution is -0.199. The molecule has 2 N–H and O–H groups in total. The second-order valence-electron chi connectivity index (χ2n) is 8.13. The number of nitrogens with two attached hydrogens (primary N) is 1. The third-order valence-corrected chi connectivity index (χ3v) is 6.06. The van der Waals surface area contributed by atoms with Crippen molar-refractivity contribution in [1.82, 2.24) is 0 Å². The van der Waals surface area contributed by atoms with Crippen molar-refractivity contribution in [2.24, 2.45) is 28.9 Å². The third-order valence-electron chi connectivity index (χ3n) is 6.06. The second kappa shape index (κ2) is 4.22. The zero-order valence-corrected chi connectivity index (χ0v) is 13.0. The van der Waals surface area contributed by atoms with Crippen LogP contribution in [0.1, 0.15) is 53.9 Å². The van der Waals surface area contributed by atoms with Gasteiger partial charge < -0.3 is 15.0 Å². The SMILES string of the molecule is CC(C)C[C@@H](N)B1O[C@H]2C[C@H]3C[C@@H](C3(C)C)[C@@]2(C)O1. The van der Waals surface area contributed by atoms with Gasteiger partial charge in [-0.05, 0) is 49.4 Å². The van der Waals surface area contributed by atoms with Gasteiger partial charge in [0.1, 0.15) is 0 Å². The van der Waals surface area contributed by atoms with Crippen LogP contribution >= 0.6 is 0 Å². The van der Waals surface area contributed by atoms with E-state index in [-0.39, 0.29) is 24.8 Å². The Morgan fingerprint density at radius 3 is 2.53 bits per heavy atom.